The van der Waals surface area contributed by atoms with Gasteiger partial charge < -0.3 is 10.1 Å². The highest BCUT2D eigenvalue weighted by Gasteiger charge is 2.14. The summed E-state index contributed by atoms with van der Waals surface area (Å²) in [4.78, 5) is 12.0. The Balaban J connectivity index is 1.34. The summed E-state index contributed by atoms with van der Waals surface area (Å²) in [7, 11) is 0. The molecule has 0 saturated carbocycles. The summed E-state index contributed by atoms with van der Waals surface area (Å²) in [5.41, 5.74) is 5.27. The van der Waals surface area contributed by atoms with E-state index >= 15 is 0 Å². The van der Waals surface area contributed by atoms with Gasteiger partial charge in [0.05, 0.1) is 0 Å². The quantitative estimate of drug-likeness (QED) is 0.705. The lowest BCUT2D eigenvalue weighted by Crippen LogP contribution is -2.30. The Kier molecular flexibility index (Phi) is 7.01. The van der Waals surface area contributed by atoms with Crippen LogP contribution in [0.3, 0.4) is 0 Å². The smallest absolute Gasteiger partial charge is 0.257 e. The van der Waals surface area contributed by atoms with Gasteiger partial charge in [-0.2, -0.15) is 11.8 Å². The molecule has 0 unspecified atom stereocenters. The molecule has 0 heterocycles. The fraction of sp³-hybridized carbons (Fsp3) is 0.409. The number of fused-ring (bicyclic) bond motifs is 1. The average molecular weight is 370 g/mol. The molecule has 2 aromatic rings. The maximum absolute atomic E-state index is 12.0. The number of hydrogen-bond donors (Lipinski definition) is 1. The lowest BCUT2D eigenvalue weighted by molar-refractivity contribution is -0.122. The summed E-state index contributed by atoms with van der Waals surface area (Å²) in [6.45, 7) is 2.87. The molecule has 0 aliphatic heterocycles. The number of rotatable bonds is 8. The molecule has 0 radical (unpaired) electrons. The first-order chi connectivity index (χ1) is 12.7. The van der Waals surface area contributed by atoms with Crippen molar-refractivity contribution < 1.29 is 9.53 Å². The largest absolute Gasteiger partial charge is 0.483 e. The highest BCUT2D eigenvalue weighted by molar-refractivity contribution is 7.98. The predicted octanol–water partition coefficient (Wildman–Crippen LogP) is 4.30. The standard InChI is InChI=1S/C22H27NO2S/c1-17-9-11-18(12-10-17)16-26-14-13-23-22(24)15-25-21-8-4-6-19-5-2-3-7-20(19)21/h4,6,8-12H,2-3,5,7,13-16H2,1H3,(H,23,24). The zero-order chi connectivity index (χ0) is 18.2. The Morgan fingerprint density at radius 2 is 1.92 bits per heavy atom. The van der Waals surface area contributed by atoms with Crippen molar-refractivity contribution in [2.24, 2.45) is 0 Å². The molecule has 4 heteroatoms. The van der Waals surface area contributed by atoms with E-state index in [1.165, 1.54) is 35.1 Å². The van der Waals surface area contributed by atoms with Gasteiger partial charge in [0.1, 0.15) is 5.75 Å². The Bertz CT molecular complexity index is 727. The molecule has 0 saturated heterocycles. The summed E-state index contributed by atoms with van der Waals surface area (Å²) in [5, 5.41) is 2.94. The van der Waals surface area contributed by atoms with Gasteiger partial charge in [-0.1, -0.05) is 42.0 Å². The number of ether oxygens (including phenoxy) is 1. The van der Waals surface area contributed by atoms with Crippen LogP contribution in [0.25, 0.3) is 0 Å². The molecule has 1 aliphatic rings. The number of amides is 1. The number of aryl methyl sites for hydroxylation is 2. The zero-order valence-corrected chi connectivity index (χ0v) is 16.2. The molecule has 138 valence electrons. The van der Waals surface area contributed by atoms with Gasteiger partial charge in [-0.15, -0.1) is 0 Å². The van der Waals surface area contributed by atoms with E-state index in [0.717, 1.165) is 30.1 Å². The number of carbonyl (C=O) groups is 1. The van der Waals surface area contributed by atoms with Crippen molar-refractivity contribution in [2.75, 3.05) is 18.9 Å². The van der Waals surface area contributed by atoms with Crippen molar-refractivity contribution in [3.8, 4) is 5.75 Å². The molecule has 1 N–H and O–H groups in total. The minimum absolute atomic E-state index is 0.0469. The monoisotopic (exact) mass is 369 g/mol. The van der Waals surface area contributed by atoms with E-state index in [1.807, 2.05) is 23.9 Å². The van der Waals surface area contributed by atoms with Crippen LogP contribution in [0.1, 0.15) is 35.1 Å². The Morgan fingerprint density at radius 1 is 1.12 bits per heavy atom. The van der Waals surface area contributed by atoms with Gasteiger partial charge >= 0.3 is 0 Å². The van der Waals surface area contributed by atoms with Gasteiger partial charge in [0.25, 0.3) is 5.91 Å². The first kappa shape index (κ1) is 18.8. The van der Waals surface area contributed by atoms with Crippen LogP contribution in [0.5, 0.6) is 5.75 Å². The van der Waals surface area contributed by atoms with Crippen molar-refractivity contribution >= 4 is 17.7 Å². The highest BCUT2D eigenvalue weighted by atomic mass is 32.2. The molecule has 0 fully saturated rings. The number of carbonyl (C=O) groups excluding carboxylic acids is 1. The number of thioether (sulfide) groups is 1. The lowest BCUT2D eigenvalue weighted by atomic mass is 9.91. The molecule has 3 rings (SSSR count). The van der Waals surface area contributed by atoms with Crippen molar-refractivity contribution in [3.63, 3.8) is 0 Å². The summed E-state index contributed by atoms with van der Waals surface area (Å²) in [6.07, 6.45) is 4.63. The van der Waals surface area contributed by atoms with Crippen molar-refractivity contribution in [2.45, 2.75) is 38.4 Å². The zero-order valence-electron chi connectivity index (χ0n) is 15.4. The molecular weight excluding hydrogens is 342 g/mol. The normalized spacial score (nSPS) is 13.1. The number of benzene rings is 2. The Morgan fingerprint density at radius 3 is 2.77 bits per heavy atom. The van der Waals surface area contributed by atoms with Crippen LogP contribution in [-0.2, 0) is 23.4 Å². The van der Waals surface area contributed by atoms with Gasteiger partial charge in [0.2, 0.25) is 0 Å². The second kappa shape index (κ2) is 9.67. The maximum Gasteiger partial charge on any atom is 0.257 e. The van der Waals surface area contributed by atoms with Gasteiger partial charge in [0.15, 0.2) is 6.61 Å². The van der Waals surface area contributed by atoms with Crippen LogP contribution < -0.4 is 10.1 Å². The molecule has 1 aliphatic carbocycles. The van der Waals surface area contributed by atoms with Crippen molar-refractivity contribution in [1.82, 2.24) is 5.32 Å². The van der Waals surface area contributed by atoms with Gasteiger partial charge in [-0.3, -0.25) is 4.79 Å². The molecule has 0 aromatic heterocycles. The third kappa shape index (κ3) is 5.53. The average Bonchev–Trinajstić information content (AvgIpc) is 2.67. The summed E-state index contributed by atoms with van der Waals surface area (Å²) < 4.78 is 5.78. The third-order valence-electron chi connectivity index (χ3n) is 4.67. The van der Waals surface area contributed by atoms with Crippen LogP contribution in [0.15, 0.2) is 42.5 Å². The fourth-order valence-electron chi connectivity index (χ4n) is 3.21. The molecule has 26 heavy (non-hydrogen) atoms. The van der Waals surface area contributed by atoms with E-state index in [4.69, 9.17) is 4.74 Å². The van der Waals surface area contributed by atoms with E-state index < -0.39 is 0 Å². The second-order valence-electron chi connectivity index (χ2n) is 6.78. The van der Waals surface area contributed by atoms with Gasteiger partial charge in [-0.05, 0) is 55.4 Å². The Hall–Kier alpha value is -1.94. The summed E-state index contributed by atoms with van der Waals surface area (Å²) in [6, 6.07) is 14.8. The minimum atomic E-state index is -0.0469. The van der Waals surface area contributed by atoms with Crippen LogP contribution in [0, 0.1) is 6.92 Å². The first-order valence-corrected chi connectivity index (χ1v) is 10.5. The lowest BCUT2D eigenvalue weighted by Gasteiger charge is -2.19. The van der Waals surface area contributed by atoms with E-state index in [9.17, 15) is 4.79 Å². The topological polar surface area (TPSA) is 38.3 Å². The maximum atomic E-state index is 12.0. The van der Waals surface area contributed by atoms with E-state index in [2.05, 4.69) is 42.6 Å². The summed E-state index contributed by atoms with van der Waals surface area (Å²) >= 11 is 1.83. The third-order valence-corrected chi connectivity index (χ3v) is 5.70. The van der Waals surface area contributed by atoms with Crippen molar-refractivity contribution in [1.29, 1.82) is 0 Å². The molecular formula is C22H27NO2S. The number of nitrogens with one attached hydrogen (secondary N) is 1. The molecule has 2 aromatic carbocycles. The fourth-order valence-corrected chi connectivity index (χ4v) is 4.03. The predicted molar refractivity (Wildman–Crippen MR) is 109 cm³/mol. The molecule has 0 atom stereocenters. The minimum Gasteiger partial charge on any atom is -0.483 e. The SMILES string of the molecule is Cc1ccc(CSCCNC(=O)COc2cccc3c2CCCC3)cc1. The van der Waals surface area contributed by atoms with Crippen molar-refractivity contribution in [3.05, 3.63) is 64.7 Å². The first-order valence-electron chi connectivity index (χ1n) is 9.36. The Labute approximate surface area is 160 Å². The van der Waals surface area contributed by atoms with Crippen LogP contribution in [-0.4, -0.2) is 24.8 Å². The van der Waals surface area contributed by atoms with Crippen LogP contribution in [0.2, 0.25) is 0 Å². The van der Waals surface area contributed by atoms with Gasteiger partial charge in [0, 0.05) is 18.1 Å². The van der Waals surface area contributed by atoms with E-state index in [1.54, 1.807) is 0 Å². The van der Waals surface area contributed by atoms with E-state index in [0.29, 0.717) is 6.54 Å². The second-order valence-corrected chi connectivity index (χ2v) is 7.88. The van der Waals surface area contributed by atoms with Gasteiger partial charge in [-0.25, -0.2) is 0 Å². The summed E-state index contributed by atoms with van der Waals surface area (Å²) in [5.74, 6) is 2.71. The van der Waals surface area contributed by atoms with Crippen LogP contribution in [0.4, 0.5) is 0 Å². The van der Waals surface area contributed by atoms with Crippen LogP contribution >= 0.6 is 11.8 Å². The molecule has 0 bridgehead atoms. The molecule has 0 spiro atoms. The highest BCUT2D eigenvalue weighted by Crippen LogP contribution is 2.29. The number of hydrogen-bond acceptors (Lipinski definition) is 3. The molecule has 1 amide bonds. The molecule has 3 nitrogen and oxygen atoms in total. The van der Waals surface area contributed by atoms with E-state index in [-0.39, 0.29) is 12.5 Å².